The molecule has 2 aromatic rings. The number of nitrogens with two attached hydrogens (primary N) is 1. The standard InChI is InChI=1S/C21H26N2O2.ClH/c1-15-5-7-17(8-6-15)19-4-2-3-16(13-19)14-23-21(24)20(22)18-9-11-25-12-10-18;/h2-8,13,18,20H,9-12,14,22H2,1H3,(H,23,24);1H. The lowest BCUT2D eigenvalue weighted by Gasteiger charge is -2.26. The summed E-state index contributed by atoms with van der Waals surface area (Å²) in [5.41, 5.74) is 10.8. The normalized spacial score (nSPS) is 15.8. The smallest absolute Gasteiger partial charge is 0.237 e. The molecule has 5 heteroatoms. The summed E-state index contributed by atoms with van der Waals surface area (Å²) in [6, 6.07) is 16.3. The van der Waals surface area contributed by atoms with Gasteiger partial charge < -0.3 is 15.8 Å². The van der Waals surface area contributed by atoms with Gasteiger partial charge in [-0.25, -0.2) is 0 Å². The second-order valence-corrected chi connectivity index (χ2v) is 6.76. The predicted molar refractivity (Wildman–Crippen MR) is 107 cm³/mol. The molecule has 0 spiro atoms. The molecule has 0 aliphatic carbocycles. The molecule has 1 aliphatic rings. The Bertz CT molecular complexity index is 712. The van der Waals surface area contributed by atoms with Crippen LogP contribution in [0.15, 0.2) is 48.5 Å². The van der Waals surface area contributed by atoms with E-state index in [9.17, 15) is 4.79 Å². The number of carbonyl (C=O) groups excluding carboxylic acids is 1. The molecule has 0 radical (unpaired) electrons. The number of ether oxygens (including phenoxy) is 1. The Balaban J connectivity index is 0.00000243. The molecule has 1 heterocycles. The molecular weight excluding hydrogens is 348 g/mol. The zero-order chi connectivity index (χ0) is 17.6. The second-order valence-electron chi connectivity index (χ2n) is 6.76. The second kappa shape index (κ2) is 9.72. The van der Waals surface area contributed by atoms with Gasteiger partial charge in [-0.3, -0.25) is 4.79 Å². The lowest BCUT2D eigenvalue weighted by molar-refractivity contribution is -0.124. The van der Waals surface area contributed by atoms with Crippen molar-refractivity contribution in [3.63, 3.8) is 0 Å². The van der Waals surface area contributed by atoms with E-state index >= 15 is 0 Å². The third-order valence-corrected chi connectivity index (χ3v) is 4.86. The van der Waals surface area contributed by atoms with Crippen LogP contribution in [-0.2, 0) is 16.1 Å². The zero-order valence-electron chi connectivity index (χ0n) is 15.1. The fourth-order valence-corrected chi connectivity index (χ4v) is 3.20. The lowest BCUT2D eigenvalue weighted by atomic mass is 9.92. The third-order valence-electron chi connectivity index (χ3n) is 4.86. The fraction of sp³-hybridized carbons (Fsp3) is 0.381. The van der Waals surface area contributed by atoms with Gasteiger partial charge in [-0.15, -0.1) is 12.4 Å². The number of nitrogens with one attached hydrogen (secondary N) is 1. The quantitative estimate of drug-likeness (QED) is 0.842. The molecule has 1 saturated heterocycles. The van der Waals surface area contributed by atoms with Crippen molar-refractivity contribution in [2.24, 2.45) is 11.7 Å². The molecule has 2 aromatic carbocycles. The molecule has 1 aliphatic heterocycles. The number of carbonyl (C=O) groups is 1. The number of benzene rings is 2. The van der Waals surface area contributed by atoms with Gasteiger partial charge >= 0.3 is 0 Å². The maximum absolute atomic E-state index is 12.3. The van der Waals surface area contributed by atoms with Gasteiger partial charge in [0.1, 0.15) is 0 Å². The Hall–Kier alpha value is -1.88. The van der Waals surface area contributed by atoms with Crippen molar-refractivity contribution in [1.29, 1.82) is 0 Å². The Kier molecular flexibility index (Phi) is 7.64. The molecule has 3 N–H and O–H groups in total. The van der Waals surface area contributed by atoms with Crippen LogP contribution >= 0.6 is 12.4 Å². The summed E-state index contributed by atoms with van der Waals surface area (Å²) in [7, 11) is 0. The topological polar surface area (TPSA) is 64.4 Å². The van der Waals surface area contributed by atoms with Gasteiger partial charge in [0, 0.05) is 19.8 Å². The number of amides is 1. The molecule has 1 atom stereocenters. The summed E-state index contributed by atoms with van der Waals surface area (Å²) in [4.78, 5) is 12.3. The SMILES string of the molecule is Cc1ccc(-c2cccc(CNC(=O)C(N)C3CCOCC3)c2)cc1.Cl. The van der Waals surface area contributed by atoms with Crippen molar-refractivity contribution in [2.75, 3.05) is 13.2 Å². The van der Waals surface area contributed by atoms with Gasteiger partial charge in [-0.05, 0) is 48.4 Å². The number of aryl methyl sites for hydroxylation is 1. The summed E-state index contributed by atoms with van der Waals surface area (Å²) < 4.78 is 5.33. The molecule has 0 bridgehead atoms. The maximum Gasteiger partial charge on any atom is 0.237 e. The van der Waals surface area contributed by atoms with Crippen LogP contribution in [0, 0.1) is 12.8 Å². The third kappa shape index (κ3) is 5.31. The Labute approximate surface area is 161 Å². The summed E-state index contributed by atoms with van der Waals surface area (Å²) in [5, 5.41) is 2.98. The van der Waals surface area contributed by atoms with Gasteiger partial charge in [0.25, 0.3) is 0 Å². The van der Waals surface area contributed by atoms with Crippen LogP contribution in [0.4, 0.5) is 0 Å². The van der Waals surface area contributed by atoms with E-state index in [-0.39, 0.29) is 24.2 Å². The Morgan fingerprint density at radius 2 is 1.85 bits per heavy atom. The first-order valence-electron chi connectivity index (χ1n) is 8.90. The van der Waals surface area contributed by atoms with Gasteiger partial charge in [0.2, 0.25) is 5.91 Å². The van der Waals surface area contributed by atoms with E-state index in [4.69, 9.17) is 10.5 Å². The molecule has 0 aromatic heterocycles. The van der Waals surface area contributed by atoms with E-state index in [0.29, 0.717) is 19.8 Å². The highest BCUT2D eigenvalue weighted by Crippen LogP contribution is 2.21. The van der Waals surface area contributed by atoms with E-state index < -0.39 is 6.04 Å². The van der Waals surface area contributed by atoms with Crippen LogP contribution in [0.2, 0.25) is 0 Å². The molecule has 3 rings (SSSR count). The van der Waals surface area contributed by atoms with Crippen molar-refractivity contribution in [3.8, 4) is 11.1 Å². The Morgan fingerprint density at radius 3 is 2.54 bits per heavy atom. The van der Waals surface area contributed by atoms with Crippen LogP contribution < -0.4 is 11.1 Å². The van der Waals surface area contributed by atoms with Crippen molar-refractivity contribution >= 4 is 18.3 Å². The largest absolute Gasteiger partial charge is 0.381 e. The van der Waals surface area contributed by atoms with Crippen LogP contribution in [-0.4, -0.2) is 25.2 Å². The van der Waals surface area contributed by atoms with Gasteiger partial charge in [-0.2, -0.15) is 0 Å². The molecule has 140 valence electrons. The molecule has 0 saturated carbocycles. The van der Waals surface area contributed by atoms with Crippen LogP contribution in [0.3, 0.4) is 0 Å². The number of hydrogen-bond donors (Lipinski definition) is 2. The van der Waals surface area contributed by atoms with Crippen molar-refractivity contribution < 1.29 is 9.53 Å². The minimum atomic E-state index is -0.454. The number of hydrogen-bond acceptors (Lipinski definition) is 3. The first-order valence-corrected chi connectivity index (χ1v) is 8.90. The number of rotatable bonds is 5. The molecular formula is C21H27ClN2O2. The van der Waals surface area contributed by atoms with Gasteiger partial charge in [-0.1, -0.05) is 48.0 Å². The summed E-state index contributed by atoms with van der Waals surface area (Å²) in [6.07, 6.45) is 1.72. The van der Waals surface area contributed by atoms with E-state index in [2.05, 4.69) is 48.6 Å². The first-order chi connectivity index (χ1) is 12.1. The van der Waals surface area contributed by atoms with E-state index in [0.717, 1.165) is 24.0 Å². The minimum absolute atomic E-state index is 0. The number of halogens is 1. The monoisotopic (exact) mass is 374 g/mol. The van der Waals surface area contributed by atoms with Crippen LogP contribution in [0.1, 0.15) is 24.0 Å². The predicted octanol–water partition coefficient (Wildman–Crippen LogP) is 3.45. The van der Waals surface area contributed by atoms with E-state index in [1.807, 2.05) is 12.1 Å². The molecule has 1 amide bonds. The fourth-order valence-electron chi connectivity index (χ4n) is 3.20. The highest BCUT2D eigenvalue weighted by molar-refractivity contribution is 5.85. The highest BCUT2D eigenvalue weighted by atomic mass is 35.5. The van der Waals surface area contributed by atoms with Crippen molar-refractivity contribution in [1.82, 2.24) is 5.32 Å². The highest BCUT2D eigenvalue weighted by Gasteiger charge is 2.26. The molecule has 1 unspecified atom stereocenters. The van der Waals surface area contributed by atoms with Crippen LogP contribution in [0.25, 0.3) is 11.1 Å². The van der Waals surface area contributed by atoms with Crippen molar-refractivity contribution in [3.05, 3.63) is 59.7 Å². The first kappa shape index (κ1) is 20.4. The average Bonchev–Trinajstić information content (AvgIpc) is 2.67. The van der Waals surface area contributed by atoms with Crippen LogP contribution in [0.5, 0.6) is 0 Å². The molecule has 26 heavy (non-hydrogen) atoms. The van der Waals surface area contributed by atoms with E-state index in [1.54, 1.807) is 0 Å². The average molecular weight is 375 g/mol. The van der Waals surface area contributed by atoms with E-state index in [1.165, 1.54) is 11.1 Å². The molecule has 1 fully saturated rings. The van der Waals surface area contributed by atoms with Gasteiger partial charge in [0.05, 0.1) is 6.04 Å². The molecule has 4 nitrogen and oxygen atoms in total. The maximum atomic E-state index is 12.3. The van der Waals surface area contributed by atoms with Crippen molar-refractivity contribution in [2.45, 2.75) is 32.4 Å². The zero-order valence-corrected chi connectivity index (χ0v) is 15.9. The summed E-state index contributed by atoms with van der Waals surface area (Å²) in [6.45, 7) is 3.97. The van der Waals surface area contributed by atoms with Gasteiger partial charge in [0.15, 0.2) is 0 Å². The summed E-state index contributed by atoms with van der Waals surface area (Å²) in [5.74, 6) is 0.139. The minimum Gasteiger partial charge on any atom is -0.381 e. The summed E-state index contributed by atoms with van der Waals surface area (Å²) >= 11 is 0. The lowest BCUT2D eigenvalue weighted by Crippen LogP contribution is -2.46. The Morgan fingerprint density at radius 1 is 1.15 bits per heavy atom.